The summed E-state index contributed by atoms with van der Waals surface area (Å²) in [5.41, 5.74) is 5.06. The van der Waals surface area contributed by atoms with Crippen molar-refractivity contribution in [1.29, 1.82) is 10.5 Å². The fourth-order valence-corrected chi connectivity index (χ4v) is 2.26. The number of anilines is 1. The van der Waals surface area contributed by atoms with Crippen LogP contribution < -0.4 is 11.3 Å². The lowest BCUT2D eigenvalue weighted by atomic mass is 10.3. The van der Waals surface area contributed by atoms with E-state index < -0.39 is 0 Å². The summed E-state index contributed by atoms with van der Waals surface area (Å²) in [5, 5.41) is 17.4. The first-order chi connectivity index (χ1) is 10.1. The number of aromatic amines is 1. The van der Waals surface area contributed by atoms with Gasteiger partial charge in [0.1, 0.15) is 5.82 Å². The molecule has 0 bridgehead atoms. The molecule has 1 amide bonds. The fraction of sp³-hybridized carbons (Fsp3) is 0.417. The van der Waals surface area contributed by atoms with E-state index in [0.717, 1.165) is 17.8 Å². The Balaban J connectivity index is 2.62. The van der Waals surface area contributed by atoms with Gasteiger partial charge in [0.05, 0.1) is 30.7 Å². The summed E-state index contributed by atoms with van der Waals surface area (Å²) in [6.07, 6.45) is 0.407. The molecule has 0 radical (unpaired) electrons. The lowest BCUT2D eigenvalue weighted by molar-refractivity contribution is -0.128. The second-order valence-electron chi connectivity index (χ2n) is 3.96. The van der Waals surface area contributed by atoms with E-state index in [2.05, 4.69) is 9.97 Å². The van der Waals surface area contributed by atoms with Crippen LogP contribution in [-0.4, -0.2) is 39.6 Å². The third kappa shape index (κ3) is 5.97. The van der Waals surface area contributed by atoms with Gasteiger partial charge in [0, 0.05) is 19.2 Å². The molecule has 8 nitrogen and oxygen atoms in total. The molecule has 0 aliphatic rings. The van der Waals surface area contributed by atoms with Crippen LogP contribution >= 0.6 is 11.8 Å². The molecule has 0 spiro atoms. The molecule has 0 unspecified atom stereocenters. The molecule has 0 aromatic carbocycles. The quantitative estimate of drug-likeness (QED) is 0.537. The number of nitrogens with one attached hydrogen (secondary N) is 1. The Morgan fingerprint density at radius 1 is 1.38 bits per heavy atom. The SMILES string of the molecule is N#CCCN(CCC#N)C(=O)CSc1nc(N)cc(=O)[nH]1. The molecule has 0 saturated carbocycles. The van der Waals surface area contributed by atoms with Crippen molar-refractivity contribution in [2.75, 3.05) is 24.6 Å². The van der Waals surface area contributed by atoms with E-state index in [4.69, 9.17) is 16.3 Å². The highest BCUT2D eigenvalue weighted by Gasteiger charge is 2.14. The molecule has 21 heavy (non-hydrogen) atoms. The zero-order chi connectivity index (χ0) is 15.7. The minimum Gasteiger partial charge on any atom is -0.383 e. The van der Waals surface area contributed by atoms with Crippen LogP contribution in [0.5, 0.6) is 0 Å². The number of nitrogens with two attached hydrogens (primary N) is 1. The number of hydrogen-bond donors (Lipinski definition) is 2. The topological polar surface area (TPSA) is 140 Å². The van der Waals surface area contributed by atoms with Gasteiger partial charge in [-0.05, 0) is 0 Å². The molecule has 1 aromatic rings. The lowest BCUT2D eigenvalue weighted by Crippen LogP contribution is -2.34. The number of thioether (sulfide) groups is 1. The molecule has 9 heteroatoms. The molecular formula is C12H14N6O2S. The van der Waals surface area contributed by atoms with E-state index in [1.54, 1.807) is 0 Å². The van der Waals surface area contributed by atoms with Crippen molar-refractivity contribution in [3.63, 3.8) is 0 Å². The summed E-state index contributed by atoms with van der Waals surface area (Å²) >= 11 is 1.05. The molecular weight excluding hydrogens is 292 g/mol. The lowest BCUT2D eigenvalue weighted by Gasteiger charge is -2.19. The maximum Gasteiger partial charge on any atom is 0.253 e. The Hall–Kier alpha value is -2.52. The van der Waals surface area contributed by atoms with Gasteiger partial charge in [-0.15, -0.1) is 0 Å². The molecule has 0 fully saturated rings. The molecule has 1 heterocycles. The minimum atomic E-state index is -0.386. The number of nitrogen functional groups attached to an aromatic ring is 1. The van der Waals surface area contributed by atoms with Gasteiger partial charge >= 0.3 is 0 Å². The van der Waals surface area contributed by atoms with Crippen molar-refractivity contribution in [1.82, 2.24) is 14.9 Å². The Labute approximate surface area is 125 Å². The summed E-state index contributed by atoms with van der Waals surface area (Å²) in [4.78, 5) is 31.1. The molecule has 1 aromatic heterocycles. The van der Waals surface area contributed by atoms with E-state index in [0.29, 0.717) is 0 Å². The Morgan fingerprint density at radius 2 is 2.00 bits per heavy atom. The fourth-order valence-electron chi connectivity index (χ4n) is 1.47. The van der Waals surface area contributed by atoms with Gasteiger partial charge in [-0.3, -0.25) is 9.59 Å². The molecule has 0 atom stereocenters. The van der Waals surface area contributed by atoms with Crippen LogP contribution in [0.4, 0.5) is 5.82 Å². The summed E-state index contributed by atoms with van der Waals surface area (Å²) in [6, 6.07) is 5.07. The van der Waals surface area contributed by atoms with Gasteiger partial charge in [0.2, 0.25) is 5.91 Å². The van der Waals surface area contributed by atoms with Crippen molar-refractivity contribution in [2.24, 2.45) is 0 Å². The maximum absolute atomic E-state index is 12.0. The van der Waals surface area contributed by atoms with E-state index in [-0.39, 0.29) is 54.1 Å². The van der Waals surface area contributed by atoms with Crippen molar-refractivity contribution < 1.29 is 4.79 Å². The molecule has 1 rings (SSSR count). The molecule has 0 saturated heterocycles. The van der Waals surface area contributed by atoms with E-state index >= 15 is 0 Å². The van der Waals surface area contributed by atoms with Crippen molar-refractivity contribution in [3.8, 4) is 12.1 Å². The number of hydrogen-bond acceptors (Lipinski definition) is 7. The van der Waals surface area contributed by atoms with E-state index in [9.17, 15) is 9.59 Å². The highest BCUT2D eigenvalue weighted by molar-refractivity contribution is 7.99. The number of nitrogens with zero attached hydrogens (tertiary/aromatic N) is 4. The van der Waals surface area contributed by atoms with Crippen LogP contribution in [0.3, 0.4) is 0 Å². The first-order valence-corrected chi connectivity index (χ1v) is 7.06. The third-order valence-electron chi connectivity index (χ3n) is 2.41. The van der Waals surface area contributed by atoms with Gasteiger partial charge in [-0.2, -0.15) is 10.5 Å². The van der Waals surface area contributed by atoms with E-state index in [1.807, 2.05) is 12.1 Å². The summed E-state index contributed by atoms with van der Waals surface area (Å²) < 4.78 is 0. The normalized spacial score (nSPS) is 9.62. The predicted molar refractivity (Wildman–Crippen MR) is 77.0 cm³/mol. The molecule has 110 valence electrons. The van der Waals surface area contributed by atoms with Crippen LogP contribution in [0.1, 0.15) is 12.8 Å². The number of rotatable bonds is 7. The van der Waals surface area contributed by atoms with Gasteiger partial charge in [-0.1, -0.05) is 11.8 Å². The zero-order valence-corrected chi connectivity index (χ0v) is 12.0. The van der Waals surface area contributed by atoms with Crippen LogP contribution in [0, 0.1) is 22.7 Å². The van der Waals surface area contributed by atoms with Gasteiger partial charge < -0.3 is 15.6 Å². The molecule has 3 N–H and O–H groups in total. The highest BCUT2D eigenvalue weighted by atomic mass is 32.2. The number of nitriles is 2. The standard InChI is InChI=1S/C12H14N6O2S/c13-3-1-5-18(6-2-4-14)11(20)8-21-12-16-9(15)7-10(19)17-12/h7H,1-2,5-6,8H2,(H3,15,16,17,19). The highest BCUT2D eigenvalue weighted by Crippen LogP contribution is 2.13. The van der Waals surface area contributed by atoms with Crippen LogP contribution in [0.25, 0.3) is 0 Å². The maximum atomic E-state index is 12.0. The van der Waals surface area contributed by atoms with Crippen molar-refractivity contribution in [2.45, 2.75) is 18.0 Å². The van der Waals surface area contributed by atoms with Crippen LogP contribution in [0.15, 0.2) is 16.0 Å². The van der Waals surface area contributed by atoms with Crippen LogP contribution in [-0.2, 0) is 4.79 Å². The molecule has 0 aliphatic heterocycles. The predicted octanol–water partition coefficient (Wildman–Crippen LogP) is 0.100. The number of aromatic nitrogens is 2. The number of H-pyrrole nitrogens is 1. The average Bonchev–Trinajstić information content (AvgIpc) is 2.44. The van der Waals surface area contributed by atoms with Gasteiger partial charge in [0.25, 0.3) is 5.56 Å². The first-order valence-electron chi connectivity index (χ1n) is 6.08. The first kappa shape index (κ1) is 16.5. The smallest absolute Gasteiger partial charge is 0.253 e. The largest absolute Gasteiger partial charge is 0.383 e. The zero-order valence-electron chi connectivity index (χ0n) is 11.2. The second kappa shape index (κ2) is 8.61. The average molecular weight is 306 g/mol. The Kier molecular flexibility index (Phi) is 6.78. The summed E-state index contributed by atoms with van der Waals surface area (Å²) in [7, 11) is 0. The minimum absolute atomic E-state index is 0.0449. The number of carbonyl (C=O) groups is 1. The van der Waals surface area contributed by atoms with Crippen LogP contribution in [0.2, 0.25) is 0 Å². The monoisotopic (exact) mass is 306 g/mol. The Morgan fingerprint density at radius 3 is 2.52 bits per heavy atom. The Bertz CT molecular complexity index is 612. The van der Waals surface area contributed by atoms with Crippen molar-refractivity contribution in [3.05, 3.63) is 16.4 Å². The van der Waals surface area contributed by atoms with Gasteiger partial charge in [0.15, 0.2) is 5.16 Å². The molecule has 0 aliphatic carbocycles. The summed E-state index contributed by atoms with van der Waals surface area (Å²) in [6.45, 7) is 0.552. The number of amides is 1. The van der Waals surface area contributed by atoms with Gasteiger partial charge in [-0.25, -0.2) is 4.98 Å². The third-order valence-corrected chi connectivity index (χ3v) is 3.27. The second-order valence-corrected chi connectivity index (χ2v) is 4.93. The number of carbonyl (C=O) groups excluding carboxylic acids is 1. The summed E-state index contributed by atoms with van der Waals surface area (Å²) in [5.74, 6) is -0.0985. The van der Waals surface area contributed by atoms with E-state index in [1.165, 1.54) is 4.90 Å². The van der Waals surface area contributed by atoms with Crippen molar-refractivity contribution >= 4 is 23.5 Å².